The van der Waals surface area contributed by atoms with Gasteiger partial charge in [0, 0.05) is 17.5 Å². The molecule has 4 nitrogen and oxygen atoms in total. The van der Waals surface area contributed by atoms with Crippen LogP contribution in [-0.4, -0.2) is 16.1 Å². The van der Waals surface area contributed by atoms with Crippen LogP contribution in [0.3, 0.4) is 0 Å². The summed E-state index contributed by atoms with van der Waals surface area (Å²) in [5.74, 6) is -1.69. The van der Waals surface area contributed by atoms with Crippen molar-refractivity contribution in [1.82, 2.24) is 4.98 Å². The first kappa shape index (κ1) is 13.0. The van der Waals surface area contributed by atoms with Crippen LogP contribution in [0.5, 0.6) is 0 Å². The number of hydrogen-bond donors (Lipinski definition) is 2. The van der Waals surface area contributed by atoms with Crippen molar-refractivity contribution in [2.75, 3.05) is 0 Å². The number of aryl methyl sites for hydroxylation is 2. The van der Waals surface area contributed by atoms with Crippen molar-refractivity contribution in [1.29, 1.82) is 0 Å². The van der Waals surface area contributed by atoms with E-state index in [0.717, 1.165) is 0 Å². The quantitative estimate of drug-likeness (QED) is 0.872. The lowest BCUT2D eigenvalue weighted by atomic mass is 9.97. The summed E-state index contributed by atoms with van der Waals surface area (Å²) in [6.07, 6.45) is 1.17. The average molecular weight is 261 g/mol. The van der Waals surface area contributed by atoms with Crippen molar-refractivity contribution < 1.29 is 14.3 Å². The second-order valence-corrected chi connectivity index (χ2v) is 4.30. The van der Waals surface area contributed by atoms with Crippen LogP contribution in [0.15, 0.2) is 29.2 Å². The van der Waals surface area contributed by atoms with Gasteiger partial charge in [-0.1, -0.05) is 6.07 Å². The standard InChI is InChI=1S/C14H12FNO3/c1-7-5-9(15)3-4-10(7)12-8(2)16-6-11(13(12)17)14(18)19/h3-6H,1-2H3,(H,16,17)(H,18,19). The van der Waals surface area contributed by atoms with E-state index in [1.165, 1.54) is 24.4 Å². The Kier molecular flexibility index (Phi) is 3.21. The number of aromatic amines is 1. The highest BCUT2D eigenvalue weighted by Gasteiger charge is 2.17. The zero-order valence-electron chi connectivity index (χ0n) is 10.5. The predicted octanol–water partition coefficient (Wildman–Crippen LogP) is 2.50. The minimum Gasteiger partial charge on any atom is -0.477 e. The van der Waals surface area contributed by atoms with Gasteiger partial charge in [-0.3, -0.25) is 4.79 Å². The molecule has 98 valence electrons. The Hall–Kier alpha value is -2.43. The Labute approximate surface area is 108 Å². The van der Waals surface area contributed by atoms with Gasteiger partial charge in [0.05, 0.1) is 0 Å². The molecule has 0 aliphatic carbocycles. The SMILES string of the molecule is Cc1cc(F)ccc1-c1c(C)[nH]cc(C(=O)O)c1=O. The molecule has 0 amide bonds. The fourth-order valence-electron chi connectivity index (χ4n) is 2.01. The number of benzene rings is 1. The minimum atomic E-state index is -1.29. The number of nitrogens with one attached hydrogen (secondary N) is 1. The third-order valence-corrected chi connectivity index (χ3v) is 2.97. The number of carbonyl (C=O) groups is 1. The van der Waals surface area contributed by atoms with E-state index in [2.05, 4.69) is 4.98 Å². The molecular formula is C14H12FNO3. The van der Waals surface area contributed by atoms with Gasteiger partial charge >= 0.3 is 5.97 Å². The molecule has 0 radical (unpaired) electrons. The summed E-state index contributed by atoms with van der Waals surface area (Å²) >= 11 is 0. The molecule has 0 saturated heterocycles. The van der Waals surface area contributed by atoms with Crippen LogP contribution in [0.1, 0.15) is 21.6 Å². The maximum absolute atomic E-state index is 13.1. The zero-order chi connectivity index (χ0) is 14.2. The van der Waals surface area contributed by atoms with Crippen molar-refractivity contribution in [2.45, 2.75) is 13.8 Å². The number of carboxylic acids is 1. The van der Waals surface area contributed by atoms with Gasteiger partial charge in [0.15, 0.2) is 0 Å². The summed E-state index contributed by atoms with van der Waals surface area (Å²) in [7, 11) is 0. The van der Waals surface area contributed by atoms with Crippen LogP contribution in [-0.2, 0) is 0 Å². The monoisotopic (exact) mass is 261 g/mol. The predicted molar refractivity (Wildman–Crippen MR) is 68.9 cm³/mol. The number of hydrogen-bond acceptors (Lipinski definition) is 2. The number of aromatic nitrogens is 1. The molecule has 0 aliphatic heterocycles. The molecule has 2 aromatic rings. The van der Waals surface area contributed by atoms with Gasteiger partial charge < -0.3 is 10.1 Å². The molecule has 1 aromatic heterocycles. The molecule has 1 aromatic carbocycles. The Balaban J connectivity index is 2.78. The summed E-state index contributed by atoms with van der Waals surface area (Å²) in [6.45, 7) is 3.34. The van der Waals surface area contributed by atoms with Crippen LogP contribution < -0.4 is 5.43 Å². The van der Waals surface area contributed by atoms with E-state index in [1.54, 1.807) is 13.8 Å². The molecular weight excluding hydrogens is 249 g/mol. The molecule has 2 rings (SSSR count). The third-order valence-electron chi connectivity index (χ3n) is 2.97. The van der Waals surface area contributed by atoms with Crippen LogP contribution in [0.4, 0.5) is 4.39 Å². The first-order valence-corrected chi connectivity index (χ1v) is 5.64. The highest BCUT2D eigenvalue weighted by molar-refractivity contribution is 5.89. The Morgan fingerprint density at radius 1 is 1.32 bits per heavy atom. The van der Waals surface area contributed by atoms with Crippen molar-refractivity contribution in [3.05, 3.63) is 57.3 Å². The molecule has 0 spiro atoms. The van der Waals surface area contributed by atoms with E-state index in [0.29, 0.717) is 16.8 Å². The Morgan fingerprint density at radius 2 is 2.00 bits per heavy atom. The summed E-state index contributed by atoms with van der Waals surface area (Å²) in [5, 5.41) is 8.96. The zero-order valence-corrected chi connectivity index (χ0v) is 10.5. The molecule has 0 saturated carbocycles. The third kappa shape index (κ3) is 2.27. The second-order valence-electron chi connectivity index (χ2n) is 4.30. The highest BCUT2D eigenvalue weighted by Crippen LogP contribution is 2.23. The lowest BCUT2D eigenvalue weighted by Crippen LogP contribution is -2.18. The molecule has 5 heteroatoms. The number of rotatable bonds is 2. The van der Waals surface area contributed by atoms with Gasteiger partial charge in [-0.25, -0.2) is 9.18 Å². The maximum atomic E-state index is 13.1. The van der Waals surface area contributed by atoms with E-state index < -0.39 is 17.2 Å². The smallest absolute Gasteiger partial charge is 0.341 e. The number of carboxylic acid groups (broad SMARTS) is 1. The van der Waals surface area contributed by atoms with Gasteiger partial charge in [0.1, 0.15) is 11.4 Å². The number of H-pyrrole nitrogens is 1. The highest BCUT2D eigenvalue weighted by atomic mass is 19.1. The maximum Gasteiger partial charge on any atom is 0.341 e. The normalized spacial score (nSPS) is 10.5. The average Bonchev–Trinajstić information content (AvgIpc) is 2.31. The van der Waals surface area contributed by atoms with E-state index in [-0.39, 0.29) is 11.1 Å². The summed E-state index contributed by atoms with van der Waals surface area (Å²) < 4.78 is 13.1. The topological polar surface area (TPSA) is 70.2 Å². The molecule has 0 atom stereocenters. The van der Waals surface area contributed by atoms with Crippen molar-refractivity contribution in [3.63, 3.8) is 0 Å². The Morgan fingerprint density at radius 3 is 2.58 bits per heavy atom. The lowest BCUT2D eigenvalue weighted by Gasteiger charge is -2.09. The van der Waals surface area contributed by atoms with Crippen molar-refractivity contribution in [3.8, 4) is 11.1 Å². The van der Waals surface area contributed by atoms with E-state index >= 15 is 0 Å². The van der Waals surface area contributed by atoms with Crippen molar-refractivity contribution >= 4 is 5.97 Å². The van der Waals surface area contributed by atoms with E-state index in [1.807, 2.05) is 0 Å². The molecule has 0 fully saturated rings. The van der Waals surface area contributed by atoms with Crippen LogP contribution >= 0.6 is 0 Å². The number of pyridine rings is 1. The summed E-state index contributed by atoms with van der Waals surface area (Å²) in [5.41, 5.74) is 1.02. The van der Waals surface area contributed by atoms with Crippen LogP contribution in [0.2, 0.25) is 0 Å². The first-order chi connectivity index (χ1) is 8.91. The summed E-state index contributed by atoms with van der Waals surface area (Å²) in [6, 6.07) is 4.03. The molecule has 0 unspecified atom stereocenters. The van der Waals surface area contributed by atoms with Gasteiger partial charge in [-0.2, -0.15) is 0 Å². The van der Waals surface area contributed by atoms with Crippen LogP contribution in [0, 0.1) is 19.7 Å². The minimum absolute atomic E-state index is 0.261. The molecule has 1 heterocycles. The van der Waals surface area contributed by atoms with E-state index in [4.69, 9.17) is 5.11 Å². The van der Waals surface area contributed by atoms with Gasteiger partial charge in [-0.15, -0.1) is 0 Å². The summed E-state index contributed by atoms with van der Waals surface area (Å²) in [4.78, 5) is 25.9. The van der Waals surface area contributed by atoms with Gasteiger partial charge in [-0.05, 0) is 37.1 Å². The molecule has 2 N–H and O–H groups in total. The van der Waals surface area contributed by atoms with Crippen LogP contribution in [0.25, 0.3) is 11.1 Å². The fourth-order valence-corrected chi connectivity index (χ4v) is 2.01. The number of aromatic carboxylic acids is 1. The molecule has 19 heavy (non-hydrogen) atoms. The van der Waals surface area contributed by atoms with Gasteiger partial charge in [0.2, 0.25) is 5.43 Å². The van der Waals surface area contributed by atoms with E-state index in [9.17, 15) is 14.0 Å². The fraction of sp³-hybridized carbons (Fsp3) is 0.143. The second kappa shape index (κ2) is 4.68. The first-order valence-electron chi connectivity index (χ1n) is 5.64. The Bertz CT molecular complexity index is 719. The van der Waals surface area contributed by atoms with Gasteiger partial charge in [0.25, 0.3) is 0 Å². The number of halogens is 1. The largest absolute Gasteiger partial charge is 0.477 e. The molecule has 0 aliphatic rings. The molecule has 0 bridgehead atoms. The lowest BCUT2D eigenvalue weighted by molar-refractivity contribution is 0.0695. The van der Waals surface area contributed by atoms with Crippen molar-refractivity contribution in [2.24, 2.45) is 0 Å².